The number of hydrogen-bond donors (Lipinski definition) is 2. The number of nitrogens with one attached hydrogen (secondary N) is 1. The van der Waals surface area contributed by atoms with Crippen molar-refractivity contribution >= 4 is 18.0 Å². The van der Waals surface area contributed by atoms with E-state index >= 15 is 0 Å². The molecule has 2 aliphatic rings. The fourth-order valence-corrected chi connectivity index (χ4v) is 5.34. The number of benzene rings is 2. The Morgan fingerprint density at radius 1 is 1.06 bits per heavy atom. The van der Waals surface area contributed by atoms with Crippen LogP contribution in [0.4, 0.5) is 4.79 Å². The van der Waals surface area contributed by atoms with Gasteiger partial charge in [0.1, 0.15) is 12.6 Å². The minimum absolute atomic E-state index is 0.0208. The van der Waals surface area contributed by atoms with Crippen LogP contribution in [0.2, 0.25) is 0 Å². The summed E-state index contributed by atoms with van der Waals surface area (Å²) >= 11 is 0. The summed E-state index contributed by atoms with van der Waals surface area (Å²) in [5.41, 5.74) is 4.42. The first-order chi connectivity index (χ1) is 16.9. The minimum atomic E-state index is -1.03. The number of carbonyl (C=O) groups excluding carboxylic acids is 2. The van der Waals surface area contributed by atoms with E-state index in [-0.39, 0.29) is 43.4 Å². The van der Waals surface area contributed by atoms with Crippen LogP contribution in [0.25, 0.3) is 11.1 Å². The van der Waals surface area contributed by atoms with Crippen LogP contribution in [-0.4, -0.2) is 66.9 Å². The molecule has 4 rings (SSSR count). The van der Waals surface area contributed by atoms with Crippen LogP contribution in [0, 0.1) is 0 Å². The highest BCUT2D eigenvalue weighted by Gasteiger charge is 2.36. The number of amides is 2. The minimum Gasteiger partial charge on any atom is -0.481 e. The number of aliphatic carboxylic acids is 1. The van der Waals surface area contributed by atoms with Crippen LogP contribution in [0.15, 0.2) is 48.5 Å². The van der Waals surface area contributed by atoms with E-state index in [1.165, 1.54) is 0 Å². The number of fused-ring (bicyclic) bond motifs is 3. The Morgan fingerprint density at radius 3 is 2.29 bits per heavy atom. The van der Waals surface area contributed by atoms with Gasteiger partial charge >= 0.3 is 12.1 Å². The summed E-state index contributed by atoms with van der Waals surface area (Å²) in [5.74, 6) is -1.48. The SMILES string of the molecule is COC1CCCC1N(C)C(=O)C(CCC(=O)O)NC(=O)OCC1c2ccccc2-c2ccccc21. The van der Waals surface area contributed by atoms with Crippen molar-refractivity contribution in [3.8, 4) is 11.1 Å². The molecule has 0 aliphatic heterocycles. The monoisotopic (exact) mass is 480 g/mol. The van der Waals surface area contributed by atoms with Gasteiger partial charge in [-0.15, -0.1) is 0 Å². The maximum absolute atomic E-state index is 13.2. The zero-order valence-corrected chi connectivity index (χ0v) is 20.1. The maximum Gasteiger partial charge on any atom is 0.407 e. The molecule has 1 saturated carbocycles. The van der Waals surface area contributed by atoms with E-state index in [1.807, 2.05) is 36.4 Å². The Morgan fingerprint density at radius 2 is 1.69 bits per heavy atom. The summed E-state index contributed by atoms with van der Waals surface area (Å²) in [4.78, 5) is 38.8. The molecule has 2 amide bonds. The zero-order chi connectivity index (χ0) is 24.9. The van der Waals surface area contributed by atoms with E-state index in [2.05, 4.69) is 17.4 Å². The number of likely N-dealkylation sites (N-methyl/N-ethyl adjacent to an activating group) is 1. The Kier molecular flexibility index (Phi) is 7.70. The number of nitrogens with zero attached hydrogens (tertiary/aromatic N) is 1. The summed E-state index contributed by atoms with van der Waals surface area (Å²) in [6.45, 7) is 0.115. The van der Waals surface area contributed by atoms with Crippen molar-refractivity contribution in [1.29, 1.82) is 0 Å². The van der Waals surface area contributed by atoms with Gasteiger partial charge in [-0.05, 0) is 47.9 Å². The van der Waals surface area contributed by atoms with Gasteiger partial charge in [0.05, 0.1) is 12.1 Å². The average Bonchev–Trinajstić information content (AvgIpc) is 3.47. The van der Waals surface area contributed by atoms with Gasteiger partial charge in [-0.3, -0.25) is 9.59 Å². The average molecular weight is 481 g/mol. The van der Waals surface area contributed by atoms with Crippen molar-refractivity contribution in [2.24, 2.45) is 0 Å². The van der Waals surface area contributed by atoms with Crippen molar-refractivity contribution in [1.82, 2.24) is 10.2 Å². The molecular formula is C27H32N2O6. The third kappa shape index (κ3) is 5.32. The summed E-state index contributed by atoms with van der Waals surface area (Å²) < 4.78 is 11.1. The van der Waals surface area contributed by atoms with Gasteiger partial charge in [0.15, 0.2) is 0 Å². The van der Waals surface area contributed by atoms with Crippen LogP contribution in [0.5, 0.6) is 0 Å². The highest BCUT2D eigenvalue weighted by molar-refractivity contribution is 5.86. The molecule has 2 aliphatic carbocycles. The number of carboxylic acids is 1. The predicted molar refractivity (Wildman–Crippen MR) is 130 cm³/mol. The molecule has 8 heteroatoms. The lowest BCUT2D eigenvalue weighted by molar-refractivity contribution is -0.138. The van der Waals surface area contributed by atoms with Crippen LogP contribution in [-0.2, 0) is 19.1 Å². The van der Waals surface area contributed by atoms with E-state index in [4.69, 9.17) is 14.6 Å². The van der Waals surface area contributed by atoms with E-state index in [9.17, 15) is 14.4 Å². The standard InChI is InChI=1S/C27H32N2O6/c1-29(23-12-7-13-24(23)34-2)26(32)22(14-15-25(30)31)28-27(33)35-16-21-19-10-5-3-8-17(19)18-9-4-6-11-20(18)21/h3-6,8-11,21-24H,7,12-16H2,1-2H3,(H,28,33)(H,30,31). The lowest BCUT2D eigenvalue weighted by atomic mass is 9.98. The molecule has 0 aromatic heterocycles. The fraction of sp³-hybridized carbons (Fsp3) is 0.444. The second-order valence-corrected chi connectivity index (χ2v) is 9.18. The molecule has 3 atom stereocenters. The number of carboxylic acid groups (broad SMARTS) is 1. The Bertz CT molecular complexity index is 1040. The lowest BCUT2D eigenvalue weighted by Crippen LogP contribution is -2.52. The van der Waals surface area contributed by atoms with Crippen molar-refractivity contribution in [3.05, 3.63) is 59.7 Å². The Balaban J connectivity index is 1.43. The van der Waals surface area contributed by atoms with Gasteiger partial charge in [-0.25, -0.2) is 4.79 Å². The number of ether oxygens (including phenoxy) is 2. The smallest absolute Gasteiger partial charge is 0.407 e. The normalized spacial score (nSPS) is 19.5. The van der Waals surface area contributed by atoms with E-state index in [0.29, 0.717) is 0 Å². The molecule has 3 unspecified atom stereocenters. The van der Waals surface area contributed by atoms with Gasteiger partial charge < -0.3 is 24.8 Å². The number of carbonyl (C=O) groups is 3. The quantitative estimate of drug-likeness (QED) is 0.566. The van der Waals surface area contributed by atoms with Crippen LogP contribution < -0.4 is 5.32 Å². The number of rotatable bonds is 9. The van der Waals surface area contributed by atoms with E-state index < -0.39 is 18.1 Å². The van der Waals surface area contributed by atoms with E-state index in [1.54, 1.807) is 19.1 Å². The molecule has 2 aromatic carbocycles. The molecular weight excluding hydrogens is 448 g/mol. The lowest BCUT2D eigenvalue weighted by Gasteiger charge is -2.32. The molecule has 2 aromatic rings. The molecule has 2 N–H and O–H groups in total. The summed E-state index contributed by atoms with van der Waals surface area (Å²) in [6.07, 6.45) is 1.53. The third-order valence-electron chi connectivity index (χ3n) is 7.15. The van der Waals surface area contributed by atoms with Gasteiger partial charge in [0.25, 0.3) is 0 Å². The highest BCUT2D eigenvalue weighted by atomic mass is 16.5. The first kappa shape index (κ1) is 24.7. The van der Waals surface area contributed by atoms with Crippen molar-refractivity contribution in [2.45, 2.75) is 56.2 Å². The first-order valence-corrected chi connectivity index (χ1v) is 12.0. The Hall–Kier alpha value is -3.39. The largest absolute Gasteiger partial charge is 0.481 e. The summed E-state index contributed by atoms with van der Waals surface area (Å²) in [7, 11) is 3.30. The number of alkyl carbamates (subject to hydrolysis) is 1. The summed E-state index contributed by atoms with van der Waals surface area (Å²) in [5, 5.41) is 11.8. The molecule has 0 heterocycles. The van der Waals surface area contributed by atoms with Gasteiger partial charge in [-0.2, -0.15) is 0 Å². The van der Waals surface area contributed by atoms with E-state index in [0.717, 1.165) is 41.5 Å². The topological polar surface area (TPSA) is 105 Å². The van der Waals surface area contributed by atoms with Gasteiger partial charge in [0.2, 0.25) is 5.91 Å². The molecule has 8 nitrogen and oxygen atoms in total. The van der Waals surface area contributed by atoms with Crippen LogP contribution in [0.1, 0.15) is 49.1 Å². The molecule has 35 heavy (non-hydrogen) atoms. The molecule has 1 fully saturated rings. The number of hydrogen-bond acceptors (Lipinski definition) is 5. The number of methoxy groups -OCH3 is 1. The second kappa shape index (κ2) is 10.9. The van der Waals surface area contributed by atoms with Crippen LogP contribution >= 0.6 is 0 Å². The second-order valence-electron chi connectivity index (χ2n) is 9.18. The molecule has 0 saturated heterocycles. The maximum atomic E-state index is 13.2. The highest BCUT2D eigenvalue weighted by Crippen LogP contribution is 2.44. The van der Waals surface area contributed by atoms with Gasteiger partial charge in [0, 0.05) is 26.5 Å². The molecule has 0 radical (unpaired) electrons. The molecule has 0 bridgehead atoms. The molecule has 186 valence electrons. The third-order valence-corrected chi connectivity index (χ3v) is 7.15. The first-order valence-electron chi connectivity index (χ1n) is 12.0. The van der Waals surface area contributed by atoms with Crippen molar-refractivity contribution in [3.63, 3.8) is 0 Å². The molecule has 0 spiro atoms. The van der Waals surface area contributed by atoms with Crippen molar-refractivity contribution < 1.29 is 29.0 Å². The summed E-state index contributed by atoms with van der Waals surface area (Å²) in [6, 6.07) is 15.0. The Labute approximate surface area is 205 Å². The zero-order valence-electron chi connectivity index (χ0n) is 20.1. The predicted octanol–water partition coefficient (Wildman–Crippen LogP) is 3.78. The van der Waals surface area contributed by atoms with Gasteiger partial charge in [-0.1, -0.05) is 48.5 Å². The van der Waals surface area contributed by atoms with Crippen molar-refractivity contribution in [2.75, 3.05) is 20.8 Å². The van der Waals surface area contributed by atoms with Crippen LogP contribution in [0.3, 0.4) is 0 Å². The fourth-order valence-electron chi connectivity index (χ4n) is 5.34.